The fourth-order valence-corrected chi connectivity index (χ4v) is 3.18. The second-order valence-corrected chi connectivity index (χ2v) is 6.28. The van der Waals surface area contributed by atoms with Crippen LogP contribution in [0.15, 0.2) is 28.9 Å². The Bertz CT molecular complexity index is 776. The molecule has 0 atom stereocenters. The van der Waals surface area contributed by atoms with Crippen molar-refractivity contribution in [3.63, 3.8) is 0 Å². The van der Waals surface area contributed by atoms with E-state index in [4.69, 9.17) is 22.4 Å². The second kappa shape index (κ2) is 7.21. The lowest BCUT2D eigenvalue weighted by atomic mass is 10.1. The summed E-state index contributed by atoms with van der Waals surface area (Å²) in [7, 11) is 0. The van der Waals surface area contributed by atoms with Gasteiger partial charge < -0.3 is 15.5 Å². The minimum absolute atomic E-state index is 0.0860. The van der Waals surface area contributed by atoms with Gasteiger partial charge in [0.05, 0.1) is 11.8 Å². The number of amides is 2. The molecule has 2 aromatic rings. The molecule has 4 N–H and O–H groups in total. The Morgan fingerprint density at radius 3 is 2.74 bits per heavy atom. The number of hydrogen-bond donors (Lipinski definition) is 3. The molecule has 0 fully saturated rings. The van der Waals surface area contributed by atoms with Gasteiger partial charge in [0.15, 0.2) is 5.11 Å². The quantitative estimate of drug-likeness (QED) is 0.582. The molecule has 2 rings (SSSR count). The molecular formula is C15H15N3O3S2. The van der Waals surface area contributed by atoms with E-state index in [-0.39, 0.29) is 5.11 Å². The summed E-state index contributed by atoms with van der Waals surface area (Å²) in [5, 5.41) is 5.94. The SMILES string of the molecule is Cc1sc(NC(=S)NC(=O)/C=C/c2ccco2)c(C(N)=O)c1C. The van der Waals surface area contributed by atoms with E-state index in [0.29, 0.717) is 16.3 Å². The van der Waals surface area contributed by atoms with Crippen LogP contribution in [-0.2, 0) is 4.79 Å². The van der Waals surface area contributed by atoms with Crippen LogP contribution >= 0.6 is 23.6 Å². The van der Waals surface area contributed by atoms with Gasteiger partial charge in [-0.2, -0.15) is 0 Å². The maximum absolute atomic E-state index is 11.8. The zero-order chi connectivity index (χ0) is 17.0. The number of carbonyl (C=O) groups is 2. The van der Waals surface area contributed by atoms with Crippen molar-refractivity contribution in [2.45, 2.75) is 13.8 Å². The number of nitrogens with one attached hydrogen (secondary N) is 2. The molecule has 23 heavy (non-hydrogen) atoms. The third kappa shape index (κ3) is 4.27. The Balaban J connectivity index is 2.01. The van der Waals surface area contributed by atoms with Crippen LogP contribution in [0.2, 0.25) is 0 Å². The van der Waals surface area contributed by atoms with Crippen molar-refractivity contribution >= 4 is 51.6 Å². The largest absolute Gasteiger partial charge is 0.465 e. The van der Waals surface area contributed by atoms with Crippen molar-refractivity contribution in [2.75, 3.05) is 5.32 Å². The lowest BCUT2D eigenvalue weighted by Gasteiger charge is -2.07. The van der Waals surface area contributed by atoms with Crippen molar-refractivity contribution in [3.8, 4) is 0 Å². The smallest absolute Gasteiger partial charge is 0.251 e. The van der Waals surface area contributed by atoms with Gasteiger partial charge in [-0.25, -0.2) is 0 Å². The first-order valence-electron chi connectivity index (χ1n) is 6.62. The number of rotatable bonds is 4. The van der Waals surface area contributed by atoms with Gasteiger partial charge in [-0.05, 0) is 49.8 Å². The molecule has 2 heterocycles. The molecular weight excluding hydrogens is 334 g/mol. The summed E-state index contributed by atoms with van der Waals surface area (Å²) in [6.45, 7) is 3.69. The van der Waals surface area contributed by atoms with Gasteiger partial charge in [0.1, 0.15) is 10.8 Å². The van der Waals surface area contributed by atoms with Crippen LogP contribution in [0.4, 0.5) is 5.00 Å². The topological polar surface area (TPSA) is 97.4 Å². The van der Waals surface area contributed by atoms with E-state index in [1.807, 2.05) is 13.8 Å². The number of anilines is 1. The molecule has 0 unspecified atom stereocenters. The van der Waals surface area contributed by atoms with Crippen molar-refractivity contribution in [3.05, 3.63) is 46.2 Å². The Morgan fingerprint density at radius 1 is 1.39 bits per heavy atom. The van der Waals surface area contributed by atoms with Crippen molar-refractivity contribution in [1.82, 2.24) is 5.32 Å². The van der Waals surface area contributed by atoms with Gasteiger partial charge in [0, 0.05) is 11.0 Å². The maximum Gasteiger partial charge on any atom is 0.251 e. The number of thiocarbonyl (C=S) groups is 1. The molecule has 0 bridgehead atoms. The molecule has 0 aliphatic carbocycles. The first-order chi connectivity index (χ1) is 10.9. The van der Waals surface area contributed by atoms with Crippen LogP contribution in [0.1, 0.15) is 26.6 Å². The number of aryl methyl sites for hydroxylation is 1. The van der Waals surface area contributed by atoms with E-state index in [0.717, 1.165) is 10.4 Å². The third-order valence-electron chi connectivity index (χ3n) is 3.04. The van der Waals surface area contributed by atoms with E-state index < -0.39 is 11.8 Å². The summed E-state index contributed by atoms with van der Waals surface area (Å²) in [6, 6.07) is 3.44. The van der Waals surface area contributed by atoms with Crippen molar-refractivity contribution in [2.24, 2.45) is 5.73 Å². The Labute approximate surface area is 142 Å². The highest BCUT2D eigenvalue weighted by Crippen LogP contribution is 2.31. The summed E-state index contributed by atoms with van der Waals surface area (Å²) < 4.78 is 5.08. The highest BCUT2D eigenvalue weighted by atomic mass is 32.1. The van der Waals surface area contributed by atoms with E-state index in [9.17, 15) is 9.59 Å². The lowest BCUT2D eigenvalue weighted by molar-refractivity contribution is -0.115. The predicted octanol–water partition coefficient (Wildman–Crippen LogP) is 2.58. The molecule has 0 aliphatic rings. The number of primary amides is 1. The second-order valence-electron chi connectivity index (χ2n) is 4.64. The molecule has 0 saturated heterocycles. The Hall–Kier alpha value is -2.45. The third-order valence-corrected chi connectivity index (χ3v) is 4.36. The average Bonchev–Trinajstić information content (AvgIpc) is 3.05. The molecule has 0 spiro atoms. The minimum atomic E-state index is -0.541. The van der Waals surface area contributed by atoms with Gasteiger partial charge in [0.2, 0.25) is 5.91 Å². The average molecular weight is 349 g/mol. The molecule has 0 saturated carbocycles. The zero-order valence-corrected chi connectivity index (χ0v) is 14.1. The number of carbonyl (C=O) groups excluding carboxylic acids is 2. The summed E-state index contributed by atoms with van der Waals surface area (Å²) in [5.74, 6) is -0.398. The Morgan fingerprint density at radius 2 is 2.13 bits per heavy atom. The van der Waals surface area contributed by atoms with Crippen molar-refractivity contribution < 1.29 is 14.0 Å². The number of furan rings is 1. The molecule has 2 aromatic heterocycles. The number of nitrogens with two attached hydrogens (primary N) is 1. The molecule has 120 valence electrons. The van der Waals surface area contributed by atoms with Crippen LogP contribution < -0.4 is 16.4 Å². The minimum Gasteiger partial charge on any atom is -0.465 e. The highest BCUT2D eigenvalue weighted by Gasteiger charge is 2.18. The zero-order valence-electron chi connectivity index (χ0n) is 12.5. The molecule has 6 nitrogen and oxygen atoms in total. The Kier molecular flexibility index (Phi) is 5.30. The van der Waals surface area contributed by atoms with Crippen LogP contribution in [0.5, 0.6) is 0 Å². The molecule has 0 aliphatic heterocycles. The van der Waals surface area contributed by atoms with Gasteiger partial charge >= 0.3 is 0 Å². The van der Waals surface area contributed by atoms with Crippen LogP contribution in [0.25, 0.3) is 6.08 Å². The molecule has 0 aromatic carbocycles. The maximum atomic E-state index is 11.8. The normalized spacial score (nSPS) is 10.7. The van der Waals surface area contributed by atoms with Gasteiger partial charge in [0.25, 0.3) is 5.91 Å². The number of thiophene rings is 1. The highest BCUT2D eigenvalue weighted by molar-refractivity contribution is 7.80. The van der Waals surface area contributed by atoms with Crippen LogP contribution in [-0.4, -0.2) is 16.9 Å². The van der Waals surface area contributed by atoms with Gasteiger partial charge in [-0.1, -0.05) is 0 Å². The van der Waals surface area contributed by atoms with Crippen LogP contribution in [0.3, 0.4) is 0 Å². The fraction of sp³-hybridized carbons (Fsp3) is 0.133. The predicted molar refractivity (Wildman–Crippen MR) is 94.4 cm³/mol. The standard InChI is InChI=1S/C15H15N3O3S2/c1-8-9(2)23-14(12(8)13(16)20)18-15(22)17-11(19)6-5-10-4-3-7-21-10/h3-7H,1-2H3,(H2,16,20)(H2,17,18,19,22)/b6-5+. The lowest BCUT2D eigenvalue weighted by Crippen LogP contribution is -2.33. The van der Waals surface area contributed by atoms with Crippen molar-refractivity contribution in [1.29, 1.82) is 0 Å². The summed E-state index contributed by atoms with van der Waals surface area (Å²) in [6.07, 6.45) is 4.33. The van der Waals surface area contributed by atoms with Gasteiger partial charge in [-0.15, -0.1) is 11.3 Å². The molecule has 0 radical (unpaired) electrons. The van der Waals surface area contributed by atoms with Crippen LogP contribution in [0, 0.1) is 13.8 Å². The summed E-state index contributed by atoms with van der Waals surface area (Å²) >= 11 is 6.43. The summed E-state index contributed by atoms with van der Waals surface area (Å²) in [4.78, 5) is 24.3. The first kappa shape index (κ1) is 16.9. The molecule has 8 heteroatoms. The fourth-order valence-electron chi connectivity index (χ4n) is 1.84. The monoisotopic (exact) mass is 349 g/mol. The summed E-state index contributed by atoms with van der Waals surface area (Å²) in [5.41, 5.74) is 6.57. The van der Waals surface area contributed by atoms with E-state index in [1.54, 1.807) is 12.1 Å². The van der Waals surface area contributed by atoms with E-state index in [2.05, 4.69) is 10.6 Å². The van der Waals surface area contributed by atoms with E-state index >= 15 is 0 Å². The number of hydrogen-bond acceptors (Lipinski definition) is 5. The van der Waals surface area contributed by atoms with Gasteiger partial charge in [-0.3, -0.25) is 14.9 Å². The first-order valence-corrected chi connectivity index (χ1v) is 7.84. The van der Waals surface area contributed by atoms with E-state index in [1.165, 1.54) is 29.8 Å². The molecule has 2 amide bonds.